The van der Waals surface area contributed by atoms with Crippen LogP contribution in [-0.2, 0) is 19.3 Å². The van der Waals surface area contributed by atoms with E-state index in [0.29, 0.717) is 5.92 Å². The zero-order valence-electron chi connectivity index (χ0n) is 12.8. The van der Waals surface area contributed by atoms with Gasteiger partial charge in [0.2, 0.25) is 0 Å². The molecule has 21 heavy (non-hydrogen) atoms. The van der Waals surface area contributed by atoms with Gasteiger partial charge in [-0.1, -0.05) is 13.0 Å². The topological polar surface area (TPSA) is 64.7 Å². The molecule has 0 amide bonds. The van der Waals surface area contributed by atoms with E-state index in [2.05, 4.69) is 24.9 Å². The number of aromatic nitrogens is 3. The van der Waals surface area contributed by atoms with Gasteiger partial charge < -0.3 is 5.73 Å². The maximum absolute atomic E-state index is 5.82. The Morgan fingerprint density at radius 2 is 2.19 bits per heavy atom. The molecule has 1 aliphatic rings. The number of pyridine rings is 1. The molecule has 0 saturated carbocycles. The summed E-state index contributed by atoms with van der Waals surface area (Å²) >= 11 is 0. The van der Waals surface area contributed by atoms with Crippen LogP contribution in [0.15, 0.2) is 18.3 Å². The van der Waals surface area contributed by atoms with Crippen molar-refractivity contribution in [2.24, 2.45) is 11.7 Å². The monoisotopic (exact) mass is 282 g/mol. The highest BCUT2D eigenvalue weighted by molar-refractivity contribution is 5.55. The minimum atomic E-state index is 0.576. The lowest BCUT2D eigenvalue weighted by molar-refractivity contribution is 0.460. The molecule has 0 bridgehead atoms. The highest BCUT2D eigenvalue weighted by Crippen LogP contribution is 2.28. The molecular formula is C17H22N4. The zero-order valence-corrected chi connectivity index (χ0v) is 12.8. The van der Waals surface area contributed by atoms with Crippen LogP contribution in [0.1, 0.15) is 35.9 Å². The van der Waals surface area contributed by atoms with Gasteiger partial charge in [0.15, 0.2) is 5.82 Å². The van der Waals surface area contributed by atoms with Crippen LogP contribution in [0, 0.1) is 12.8 Å². The van der Waals surface area contributed by atoms with E-state index in [9.17, 15) is 0 Å². The molecule has 2 aromatic rings. The molecule has 1 aliphatic carbocycles. The van der Waals surface area contributed by atoms with E-state index in [0.717, 1.165) is 49.4 Å². The van der Waals surface area contributed by atoms with Crippen LogP contribution < -0.4 is 5.73 Å². The summed E-state index contributed by atoms with van der Waals surface area (Å²) in [5.74, 6) is 1.35. The average molecular weight is 282 g/mol. The van der Waals surface area contributed by atoms with Crippen molar-refractivity contribution in [2.45, 2.75) is 39.5 Å². The molecule has 0 radical (unpaired) electrons. The number of hydrogen-bond donors (Lipinski definition) is 1. The summed E-state index contributed by atoms with van der Waals surface area (Å²) in [7, 11) is 0. The first kappa shape index (κ1) is 14.1. The Kier molecular flexibility index (Phi) is 3.97. The van der Waals surface area contributed by atoms with E-state index < -0.39 is 0 Å². The third-order valence-electron chi connectivity index (χ3n) is 4.40. The molecule has 1 atom stereocenters. The van der Waals surface area contributed by atoms with Crippen molar-refractivity contribution in [3.63, 3.8) is 0 Å². The van der Waals surface area contributed by atoms with Crippen LogP contribution in [0.2, 0.25) is 0 Å². The predicted octanol–water partition coefficient (Wildman–Crippen LogP) is 2.47. The Morgan fingerprint density at radius 1 is 1.33 bits per heavy atom. The van der Waals surface area contributed by atoms with E-state index in [-0.39, 0.29) is 0 Å². The molecule has 0 fully saturated rings. The van der Waals surface area contributed by atoms with Gasteiger partial charge in [0.25, 0.3) is 0 Å². The molecule has 0 saturated heterocycles. The van der Waals surface area contributed by atoms with E-state index in [4.69, 9.17) is 15.7 Å². The number of nitrogens with two attached hydrogens (primary N) is 1. The van der Waals surface area contributed by atoms with E-state index in [1.165, 1.54) is 16.8 Å². The van der Waals surface area contributed by atoms with Crippen molar-refractivity contribution in [1.29, 1.82) is 0 Å². The number of aryl methyl sites for hydroxylation is 3. The summed E-state index contributed by atoms with van der Waals surface area (Å²) in [6.45, 7) is 4.97. The maximum Gasteiger partial charge on any atom is 0.178 e. The Labute approximate surface area is 125 Å². The fraction of sp³-hybridized carbons (Fsp3) is 0.471. The molecule has 4 heteroatoms. The van der Waals surface area contributed by atoms with Gasteiger partial charge in [-0.15, -0.1) is 0 Å². The summed E-state index contributed by atoms with van der Waals surface area (Å²) < 4.78 is 0. The molecule has 0 aliphatic heterocycles. The fourth-order valence-electron chi connectivity index (χ4n) is 3.09. The van der Waals surface area contributed by atoms with Crippen molar-refractivity contribution in [3.05, 3.63) is 40.8 Å². The maximum atomic E-state index is 5.82. The van der Waals surface area contributed by atoms with Gasteiger partial charge >= 0.3 is 0 Å². The number of fused-ring (bicyclic) bond motifs is 1. The van der Waals surface area contributed by atoms with Crippen LogP contribution in [0.3, 0.4) is 0 Å². The van der Waals surface area contributed by atoms with Gasteiger partial charge in [0, 0.05) is 17.6 Å². The number of rotatable bonds is 3. The lowest BCUT2D eigenvalue weighted by atomic mass is 9.86. The van der Waals surface area contributed by atoms with Crippen LogP contribution in [-0.4, -0.2) is 21.5 Å². The molecule has 0 spiro atoms. The molecule has 1 unspecified atom stereocenters. The highest BCUT2D eigenvalue weighted by atomic mass is 14.9. The molecular weight excluding hydrogens is 260 g/mol. The predicted molar refractivity (Wildman–Crippen MR) is 83.9 cm³/mol. The number of hydrogen-bond acceptors (Lipinski definition) is 4. The van der Waals surface area contributed by atoms with Crippen LogP contribution in [0.5, 0.6) is 0 Å². The SMILES string of the molecule is CCc1cccnc1-c1nc(C)c2c(n1)CCC(CN)C2. The van der Waals surface area contributed by atoms with E-state index in [1.807, 2.05) is 12.3 Å². The Morgan fingerprint density at radius 3 is 2.95 bits per heavy atom. The second kappa shape index (κ2) is 5.90. The highest BCUT2D eigenvalue weighted by Gasteiger charge is 2.22. The van der Waals surface area contributed by atoms with Crippen molar-refractivity contribution in [3.8, 4) is 11.5 Å². The third-order valence-corrected chi connectivity index (χ3v) is 4.40. The summed E-state index contributed by atoms with van der Waals surface area (Å²) in [6.07, 6.45) is 5.90. The van der Waals surface area contributed by atoms with E-state index >= 15 is 0 Å². The smallest absolute Gasteiger partial charge is 0.178 e. The van der Waals surface area contributed by atoms with Gasteiger partial charge in [0.05, 0.1) is 0 Å². The first-order chi connectivity index (χ1) is 10.2. The van der Waals surface area contributed by atoms with Gasteiger partial charge in [-0.05, 0) is 62.3 Å². The zero-order chi connectivity index (χ0) is 14.8. The second-order valence-corrected chi connectivity index (χ2v) is 5.77. The number of nitrogens with zero attached hydrogens (tertiary/aromatic N) is 3. The van der Waals surface area contributed by atoms with Crippen LogP contribution >= 0.6 is 0 Å². The van der Waals surface area contributed by atoms with Crippen molar-refractivity contribution in [2.75, 3.05) is 6.54 Å². The Bertz CT molecular complexity index is 651. The summed E-state index contributed by atoms with van der Waals surface area (Å²) in [6, 6.07) is 4.07. The van der Waals surface area contributed by atoms with Gasteiger partial charge in [0.1, 0.15) is 5.69 Å². The second-order valence-electron chi connectivity index (χ2n) is 5.77. The lowest BCUT2D eigenvalue weighted by Gasteiger charge is -2.24. The lowest BCUT2D eigenvalue weighted by Crippen LogP contribution is -2.24. The van der Waals surface area contributed by atoms with Crippen LogP contribution in [0.4, 0.5) is 0 Å². The Hall–Kier alpha value is -1.81. The Balaban J connectivity index is 2.05. The van der Waals surface area contributed by atoms with Crippen LogP contribution in [0.25, 0.3) is 11.5 Å². The molecule has 3 rings (SSSR count). The molecule has 4 nitrogen and oxygen atoms in total. The minimum absolute atomic E-state index is 0.576. The summed E-state index contributed by atoms with van der Waals surface area (Å²) in [5.41, 5.74) is 11.5. The van der Waals surface area contributed by atoms with Gasteiger partial charge in [-0.3, -0.25) is 4.98 Å². The van der Waals surface area contributed by atoms with Crippen molar-refractivity contribution >= 4 is 0 Å². The average Bonchev–Trinajstić information content (AvgIpc) is 2.54. The molecule has 2 heterocycles. The van der Waals surface area contributed by atoms with Gasteiger partial charge in [-0.25, -0.2) is 9.97 Å². The quantitative estimate of drug-likeness (QED) is 0.939. The van der Waals surface area contributed by atoms with Crippen molar-refractivity contribution in [1.82, 2.24) is 15.0 Å². The summed E-state index contributed by atoms with van der Waals surface area (Å²) in [5, 5.41) is 0. The normalized spacial score (nSPS) is 17.6. The first-order valence-electron chi connectivity index (χ1n) is 7.73. The fourth-order valence-corrected chi connectivity index (χ4v) is 3.09. The molecule has 2 aromatic heterocycles. The minimum Gasteiger partial charge on any atom is -0.330 e. The van der Waals surface area contributed by atoms with Crippen molar-refractivity contribution < 1.29 is 0 Å². The van der Waals surface area contributed by atoms with Gasteiger partial charge in [-0.2, -0.15) is 0 Å². The summed E-state index contributed by atoms with van der Waals surface area (Å²) in [4.78, 5) is 14.0. The standard InChI is InChI=1S/C17H22N4/c1-3-13-5-4-8-19-16(13)17-20-11(2)14-9-12(10-18)6-7-15(14)21-17/h4-5,8,12H,3,6-7,9-10,18H2,1-2H3. The van der Waals surface area contributed by atoms with E-state index in [1.54, 1.807) is 0 Å². The third kappa shape index (κ3) is 2.68. The largest absolute Gasteiger partial charge is 0.330 e. The first-order valence-corrected chi connectivity index (χ1v) is 7.73. The molecule has 110 valence electrons. The molecule has 2 N–H and O–H groups in total. The molecule has 0 aromatic carbocycles.